The van der Waals surface area contributed by atoms with E-state index >= 15 is 0 Å². The number of hydrogen-bond donors (Lipinski definition) is 0. The summed E-state index contributed by atoms with van der Waals surface area (Å²) in [6.45, 7) is 2.10. The van der Waals surface area contributed by atoms with Gasteiger partial charge in [0.15, 0.2) is 0 Å². The third kappa shape index (κ3) is 3.25. The first-order valence-corrected chi connectivity index (χ1v) is 10.1. The third-order valence-electron chi connectivity index (χ3n) is 5.82. The van der Waals surface area contributed by atoms with Gasteiger partial charge in [0.2, 0.25) is 0 Å². The molecule has 0 N–H and O–H groups in total. The molecule has 0 unspecified atom stereocenters. The molecule has 1 aliphatic carbocycles. The summed E-state index contributed by atoms with van der Waals surface area (Å²) in [6.07, 6.45) is 4.67. The van der Waals surface area contributed by atoms with Crippen LogP contribution < -0.4 is 0 Å². The molecule has 29 heavy (non-hydrogen) atoms. The number of pyridine rings is 1. The first kappa shape index (κ1) is 17.8. The second kappa shape index (κ2) is 7.29. The van der Waals surface area contributed by atoms with Crippen molar-refractivity contribution in [3.05, 3.63) is 113 Å². The minimum Gasteiger partial charge on any atom is -0.256 e. The molecular formula is C27H22FN. The normalized spacial score (nSPS) is 14.0. The van der Waals surface area contributed by atoms with Gasteiger partial charge in [0.1, 0.15) is 5.82 Å². The Kier molecular flexibility index (Phi) is 4.48. The molecular weight excluding hydrogens is 357 g/mol. The van der Waals surface area contributed by atoms with Crippen molar-refractivity contribution in [2.24, 2.45) is 0 Å². The van der Waals surface area contributed by atoms with Crippen molar-refractivity contribution in [3.63, 3.8) is 0 Å². The fourth-order valence-corrected chi connectivity index (χ4v) is 4.44. The van der Waals surface area contributed by atoms with Crippen molar-refractivity contribution in [3.8, 4) is 0 Å². The minimum atomic E-state index is -0.162. The van der Waals surface area contributed by atoms with E-state index in [0.29, 0.717) is 0 Å². The highest BCUT2D eigenvalue weighted by Gasteiger charge is 2.21. The maximum atomic E-state index is 14.0. The number of aryl methyl sites for hydroxylation is 2. The Balaban J connectivity index is 1.86. The molecule has 0 spiro atoms. The van der Waals surface area contributed by atoms with Crippen LogP contribution in [0.3, 0.4) is 0 Å². The molecule has 2 heteroatoms. The molecule has 1 aliphatic rings. The first-order chi connectivity index (χ1) is 14.2. The fraction of sp³-hybridized carbons (Fsp3) is 0.148. The van der Waals surface area contributed by atoms with Crippen LogP contribution in [0, 0.1) is 12.7 Å². The van der Waals surface area contributed by atoms with Crippen LogP contribution >= 0.6 is 0 Å². The van der Waals surface area contributed by atoms with E-state index in [9.17, 15) is 4.39 Å². The lowest BCUT2D eigenvalue weighted by Crippen LogP contribution is -1.97. The summed E-state index contributed by atoms with van der Waals surface area (Å²) in [7, 11) is 0. The second-order valence-electron chi connectivity index (χ2n) is 7.75. The molecule has 0 aliphatic heterocycles. The molecule has 1 aromatic heterocycles. The molecule has 1 heterocycles. The molecule has 0 atom stereocenters. The highest BCUT2D eigenvalue weighted by atomic mass is 19.1. The summed E-state index contributed by atoms with van der Waals surface area (Å²) in [6, 6.07) is 24.4. The van der Waals surface area contributed by atoms with E-state index < -0.39 is 0 Å². The van der Waals surface area contributed by atoms with E-state index in [0.717, 1.165) is 35.9 Å². The quantitative estimate of drug-likeness (QED) is 0.366. The number of benzene rings is 3. The highest BCUT2D eigenvalue weighted by Crippen LogP contribution is 2.41. The summed E-state index contributed by atoms with van der Waals surface area (Å²) in [4.78, 5) is 4.55. The number of hydrogen-bond acceptors (Lipinski definition) is 1. The maximum Gasteiger partial charge on any atom is 0.123 e. The van der Waals surface area contributed by atoms with E-state index in [4.69, 9.17) is 0 Å². The SMILES string of the molecule is Cc1ccc(C2=C(c3cccc4ncccc34)CCCc3cc(F)ccc32)cc1. The second-order valence-corrected chi connectivity index (χ2v) is 7.75. The Bertz CT molecular complexity index is 1230. The van der Waals surface area contributed by atoms with Gasteiger partial charge in [0.25, 0.3) is 0 Å². The maximum absolute atomic E-state index is 14.0. The lowest BCUT2D eigenvalue weighted by Gasteiger charge is -2.18. The van der Waals surface area contributed by atoms with Gasteiger partial charge in [0.05, 0.1) is 5.52 Å². The van der Waals surface area contributed by atoms with Gasteiger partial charge < -0.3 is 0 Å². The molecule has 0 bridgehead atoms. The van der Waals surface area contributed by atoms with Crippen LogP contribution in [0.25, 0.3) is 22.0 Å². The Morgan fingerprint density at radius 1 is 0.828 bits per heavy atom. The summed E-state index contributed by atoms with van der Waals surface area (Å²) >= 11 is 0. The lowest BCUT2D eigenvalue weighted by atomic mass is 9.86. The summed E-state index contributed by atoms with van der Waals surface area (Å²) in [5.41, 5.74) is 9.41. The van der Waals surface area contributed by atoms with Gasteiger partial charge in [-0.1, -0.05) is 54.1 Å². The number of aromatic nitrogens is 1. The average Bonchev–Trinajstić information content (AvgIpc) is 2.93. The van der Waals surface area contributed by atoms with Crippen LogP contribution in [0.5, 0.6) is 0 Å². The topological polar surface area (TPSA) is 12.9 Å². The van der Waals surface area contributed by atoms with Crippen LogP contribution in [0.2, 0.25) is 0 Å². The predicted molar refractivity (Wildman–Crippen MR) is 118 cm³/mol. The van der Waals surface area contributed by atoms with Crippen LogP contribution in [0.4, 0.5) is 4.39 Å². The molecule has 4 aromatic rings. The van der Waals surface area contributed by atoms with Gasteiger partial charge >= 0.3 is 0 Å². The van der Waals surface area contributed by atoms with Crippen molar-refractivity contribution in [2.45, 2.75) is 26.2 Å². The highest BCUT2D eigenvalue weighted by molar-refractivity contribution is 6.05. The minimum absolute atomic E-state index is 0.162. The monoisotopic (exact) mass is 379 g/mol. The zero-order valence-electron chi connectivity index (χ0n) is 16.5. The number of halogens is 1. The molecule has 5 rings (SSSR count). The Labute approximate surface area is 170 Å². The fourth-order valence-electron chi connectivity index (χ4n) is 4.44. The third-order valence-corrected chi connectivity index (χ3v) is 5.82. The molecule has 142 valence electrons. The predicted octanol–water partition coefficient (Wildman–Crippen LogP) is 6.98. The Morgan fingerprint density at radius 3 is 2.55 bits per heavy atom. The Morgan fingerprint density at radius 2 is 1.69 bits per heavy atom. The largest absolute Gasteiger partial charge is 0.256 e. The summed E-state index contributed by atoms with van der Waals surface area (Å²) < 4.78 is 14.0. The van der Waals surface area contributed by atoms with Crippen molar-refractivity contribution in [2.75, 3.05) is 0 Å². The van der Waals surface area contributed by atoms with Crippen molar-refractivity contribution in [1.29, 1.82) is 0 Å². The summed E-state index contributed by atoms with van der Waals surface area (Å²) in [5, 5.41) is 1.17. The van der Waals surface area contributed by atoms with Gasteiger partial charge in [-0.3, -0.25) is 4.98 Å². The van der Waals surface area contributed by atoms with Crippen LogP contribution in [0.15, 0.2) is 79.0 Å². The molecule has 1 nitrogen and oxygen atoms in total. The van der Waals surface area contributed by atoms with Crippen molar-refractivity contribution in [1.82, 2.24) is 4.98 Å². The zero-order valence-corrected chi connectivity index (χ0v) is 16.5. The van der Waals surface area contributed by atoms with Crippen LogP contribution in [-0.2, 0) is 6.42 Å². The van der Waals surface area contributed by atoms with Gasteiger partial charge in [-0.25, -0.2) is 4.39 Å². The van der Waals surface area contributed by atoms with Gasteiger partial charge in [-0.15, -0.1) is 0 Å². The number of allylic oxidation sites excluding steroid dienone is 1. The first-order valence-electron chi connectivity index (χ1n) is 10.1. The Hall–Kier alpha value is -3.26. The van der Waals surface area contributed by atoms with E-state index in [1.165, 1.54) is 33.2 Å². The lowest BCUT2D eigenvalue weighted by molar-refractivity contribution is 0.624. The van der Waals surface area contributed by atoms with Gasteiger partial charge in [-0.05, 0) is 83.9 Å². The molecule has 0 saturated carbocycles. The molecule has 0 radical (unpaired) electrons. The molecule has 0 amide bonds. The molecule has 0 saturated heterocycles. The standard InChI is InChI=1S/C27H22FN/c1-18-10-12-19(13-11-18)27-22-15-14-21(28)17-20(22)5-2-7-25(27)23-6-3-9-26-24(23)8-4-16-29-26/h3-4,6,8-17H,2,5,7H2,1H3. The summed E-state index contributed by atoms with van der Waals surface area (Å²) in [5.74, 6) is -0.162. The van der Waals surface area contributed by atoms with Crippen molar-refractivity contribution >= 4 is 22.0 Å². The van der Waals surface area contributed by atoms with Gasteiger partial charge in [-0.2, -0.15) is 0 Å². The van der Waals surface area contributed by atoms with Crippen molar-refractivity contribution < 1.29 is 4.39 Å². The zero-order chi connectivity index (χ0) is 19.8. The van der Waals surface area contributed by atoms with E-state index in [2.05, 4.69) is 60.4 Å². The number of fused-ring (bicyclic) bond motifs is 2. The molecule has 0 fully saturated rings. The molecule has 3 aromatic carbocycles. The smallest absolute Gasteiger partial charge is 0.123 e. The van der Waals surface area contributed by atoms with E-state index in [1.807, 2.05) is 18.3 Å². The van der Waals surface area contributed by atoms with Crippen LogP contribution in [0.1, 0.15) is 40.7 Å². The van der Waals surface area contributed by atoms with Crippen LogP contribution in [-0.4, -0.2) is 4.98 Å². The average molecular weight is 379 g/mol. The van der Waals surface area contributed by atoms with E-state index in [-0.39, 0.29) is 5.82 Å². The number of rotatable bonds is 2. The van der Waals surface area contributed by atoms with Gasteiger partial charge in [0, 0.05) is 11.6 Å². The number of nitrogens with zero attached hydrogens (tertiary/aromatic N) is 1. The van der Waals surface area contributed by atoms with E-state index in [1.54, 1.807) is 12.1 Å².